The zero-order valence-corrected chi connectivity index (χ0v) is 18.1. The maximum Gasteiger partial charge on any atom is 0.227 e. The Kier molecular flexibility index (Phi) is 7.23. The highest BCUT2D eigenvalue weighted by atomic mass is 35.5. The Bertz CT molecular complexity index is 1120. The Hall–Kier alpha value is -1.87. The van der Waals surface area contributed by atoms with E-state index in [4.69, 9.17) is 44.6 Å². The van der Waals surface area contributed by atoms with Crippen molar-refractivity contribution in [1.82, 2.24) is 9.55 Å². The minimum atomic E-state index is -1.08. The fourth-order valence-corrected chi connectivity index (χ4v) is 3.93. The molecule has 0 fully saturated rings. The van der Waals surface area contributed by atoms with E-state index in [9.17, 15) is 15.0 Å². The van der Waals surface area contributed by atoms with Crippen molar-refractivity contribution in [2.75, 3.05) is 13.2 Å². The number of aliphatic hydroxyl groups is 3. The molecule has 2 aromatic heterocycles. The SMILES string of the molecule is Cc1cc(=O)c2c(OCC(O)CC(O)CO)ncc(Cl)c2n1-c1c(Cl)cccc1Cl. The monoisotopic (exact) mass is 472 g/mol. The largest absolute Gasteiger partial charge is 0.474 e. The summed E-state index contributed by atoms with van der Waals surface area (Å²) in [4.78, 5) is 16.9. The third-order valence-electron chi connectivity index (χ3n) is 4.46. The van der Waals surface area contributed by atoms with E-state index in [1.807, 2.05) is 0 Å². The molecule has 0 aliphatic rings. The van der Waals surface area contributed by atoms with Crippen LogP contribution in [-0.4, -0.2) is 50.3 Å². The van der Waals surface area contributed by atoms with Crippen LogP contribution in [0, 0.1) is 6.92 Å². The molecule has 0 saturated heterocycles. The van der Waals surface area contributed by atoms with Crippen LogP contribution in [0.2, 0.25) is 15.1 Å². The first kappa shape index (κ1) is 22.8. The summed E-state index contributed by atoms with van der Waals surface area (Å²) in [6.07, 6.45) is -0.930. The zero-order valence-electron chi connectivity index (χ0n) is 15.8. The van der Waals surface area contributed by atoms with Gasteiger partial charge in [0.1, 0.15) is 12.0 Å². The van der Waals surface area contributed by atoms with E-state index < -0.39 is 18.8 Å². The van der Waals surface area contributed by atoms with Gasteiger partial charge in [-0.1, -0.05) is 40.9 Å². The average molecular weight is 474 g/mol. The van der Waals surface area contributed by atoms with Crippen molar-refractivity contribution in [3.63, 3.8) is 0 Å². The molecule has 0 radical (unpaired) electrons. The molecule has 2 atom stereocenters. The molecule has 7 nitrogen and oxygen atoms in total. The molecule has 0 amide bonds. The summed E-state index contributed by atoms with van der Waals surface area (Å²) in [5.74, 6) is -0.0335. The molecule has 10 heteroatoms. The predicted molar refractivity (Wildman–Crippen MR) is 116 cm³/mol. The number of aryl methyl sites for hydroxylation is 1. The van der Waals surface area contributed by atoms with Gasteiger partial charge in [-0.25, -0.2) is 4.98 Å². The van der Waals surface area contributed by atoms with Gasteiger partial charge in [-0.2, -0.15) is 0 Å². The van der Waals surface area contributed by atoms with Crippen LogP contribution in [0.5, 0.6) is 5.88 Å². The Morgan fingerprint density at radius 1 is 1.13 bits per heavy atom. The smallest absolute Gasteiger partial charge is 0.227 e. The van der Waals surface area contributed by atoms with Gasteiger partial charge in [-0.15, -0.1) is 0 Å². The molecule has 0 aliphatic carbocycles. The maximum atomic E-state index is 12.8. The van der Waals surface area contributed by atoms with Crippen LogP contribution in [0.4, 0.5) is 0 Å². The van der Waals surface area contributed by atoms with Crippen molar-refractivity contribution >= 4 is 45.7 Å². The van der Waals surface area contributed by atoms with Crippen molar-refractivity contribution in [2.24, 2.45) is 0 Å². The van der Waals surface area contributed by atoms with E-state index in [0.29, 0.717) is 26.9 Å². The quantitative estimate of drug-likeness (QED) is 0.487. The molecule has 2 unspecified atom stereocenters. The van der Waals surface area contributed by atoms with Crippen molar-refractivity contribution in [3.05, 3.63) is 61.4 Å². The number of benzene rings is 1. The molecule has 0 saturated carbocycles. The van der Waals surface area contributed by atoms with Gasteiger partial charge in [0.2, 0.25) is 5.88 Å². The number of aliphatic hydroxyl groups excluding tert-OH is 3. The number of ether oxygens (including phenoxy) is 1. The molecule has 3 rings (SSSR count). The van der Waals surface area contributed by atoms with Crippen molar-refractivity contribution in [3.8, 4) is 11.6 Å². The van der Waals surface area contributed by atoms with Crippen LogP contribution in [0.1, 0.15) is 12.1 Å². The van der Waals surface area contributed by atoms with Crippen LogP contribution < -0.4 is 10.2 Å². The molecule has 0 aliphatic heterocycles. The fraction of sp³-hybridized carbons (Fsp3) is 0.300. The summed E-state index contributed by atoms with van der Waals surface area (Å²) in [6, 6.07) is 6.43. The number of fused-ring (bicyclic) bond motifs is 1. The van der Waals surface area contributed by atoms with Crippen LogP contribution in [0.15, 0.2) is 35.3 Å². The van der Waals surface area contributed by atoms with E-state index in [1.54, 1.807) is 29.7 Å². The minimum absolute atomic E-state index is 0.0335. The molecule has 160 valence electrons. The molecular weight excluding hydrogens is 455 g/mol. The van der Waals surface area contributed by atoms with Gasteiger partial charge in [0.25, 0.3) is 0 Å². The van der Waals surface area contributed by atoms with Crippen LogP contribution in [0.3, 0.4) is 0 Å². The van der Waals surface area contributed by atoms with Crippen molar-refractivity contribution in [2.45, 2.75) is 25.6 Å². The van der Waals surface area contributed by atoms with Gasteiger partial charge in [-0.3, -0.25) is 4.79 Å². The van der Waals surface area contributed by atoms with Gasteiger partial charge in [0.15, 0.2) is 5.43 Å². The van der Waals surface area contributed by atoms with E-state index in [-0.39, 0.29) is 34.7 Å². The summed E-state index contributed by atoms with van der Waals surface area (Å²) >= 11 is 19.2. The third-order valence-corrected chi connectivity index (χ3v) is 5.35. The second-order valence-electron chi connectivity index (χ2n) is 6.73. The van der Waals surface area contributed by atoms with Crippen LogP contribution >= 0.6 is 34.8 Å². The first-order valence-corrected chi connectivity index (χ1v) is 10.1. The first-order valence-electron chi connectivity index (χ1n) is 8.99. The highest BCUT2D eigenvalue weighted by Gasteiger charge is 2.21. The summed E-state index contributed by atoms with van der Waals surface area (Å²) in [7, 11) is 0. The lowest BCUT2D eigenvalue weighted by atomic mass is 10.1. The number of nitrogens with zero attached hydrogens (tertiary/aromatic N) is 2. The van der Waals surface area contributed by atoms with Gasteiger partial charge in [-0.05, 0) is 19.1 Å². The van der Waals surface area contributed by atoms with E-state index in [2.05, 4.69) is 4.98 Å². The molecule has 2 heterocycles. The molecule has 3 aromatic rings. The van der Waals surface area contributed by atoms with E-state index >= 15 is 0 Å². The molecule has 3 N–H and O–H groups in total. The number of hydrogen-bond acceptors (Lipinski definition) is 6. The minimum Gasteiger partial charge on any atom is -0.474 e. The standard InChI is InChI=1S/C20H19Cl3N2O5/c1-10-5-16(29)17-19(25(10)18-13(21)3-2-4-14(18)22)15(23)7-24-20(17)30-9-12(28)6-11(27)8-26/h2-5,7,11-12,26-28H,6,8-9H2,1H3. The number of pyridine rings is 2. The Balaban J connectivity index is 2.16. The van der Waals surface area contributed by atoms with Crippen LogP contribution in [-0.2, 0) is 0 Å². The summed E-state index contributed by atoms with van der Waals surface area (Å²) < 4.78 is 7.22. The number of aromatic nitrogens is 2. The number of halogens is 3. The first-order chi connectivity index (χ1) is 14.2. The predicted octanol–water partition coefficient (Wildman–Crippen LogP) is 3.14. The number of para-hydroxylation sites is 1. The topological polar surface area (TPSA) is 105 Å². The maximum absolute atomic E-state index is 12.8. The third kappa shape index (κ3) is 4.56. The van der Waals surface area contributed by atoms with E-state index in [1.165, 1.54) is 12.3 Å². The lowest BCUT2D eigenvalue weighted by molar-refractivity contribution is 0.0226. The molecule has 0 spiro atoms. The summed E-state index contributed by atoms with van der Waals surface area (Å²) in [6.45, 7) is 0.987. The summed E-state index contributed by atoms with van der Waals surface area (Å²) in [5, 5.41) is 29.3. The molecule has 1 aromatic carbocycles. The highest BCUT2D eigenvalue weighted by molar-refractivity contribution is 6.38. The average Bonchev–Trinajstić information content (AvgIpc) is 2.69. The molecule has 30 heavy (non-hydrogen) atoms. The lowest BCUT2D eigenvalue weighted by Crippen LogP contribution is -2.26. The normalized spacial score (nSPS) is 13.4. The van der Waals surface area contributed by atoms with Gasteiger partial charge < -0.3 is 24.6 Å². The molecule has 0 bridgehead atoms. The van der Waals surface area contributed by atoms with Gasteiger partial charge in [0, 0.05) is 18.2 Å². The van der Waals surface area contributed by atoms with Gasteiger partial charge in [0.05, 0.1) is 51.3 Å². The summed E-state index contributed by atoms with van der Waals surface area (Å²) in [5.41, 5.74) is 0.935. The Morgan fingerprint density at radius 2 is 1.80 bits per heavy atom. The Morgan fingerprint density at radius 3 is 2.43 bits per heavy atom. The number of rotatable bonds is 7. The zero-order chi connectivity index (χ0) is 22.0. The molecular formula is C20H19Cl3N2O5. The lowest BCUT2D eigenvalue weighted by Gasteiger charge is -2.20. The number of hydrogen-bond donors (Lipinski definition) is 3. The Labute approximate surface area is 187 Å². The highest BCUT2D eigenvalue weighted by Crippen LogP contribution is 2.35. The van der Waals surface area contributed by atoms with Crippen LogP contribution in [0.25, 0.3) is 16.6 Å². The van der Waals surface area contributed by atoms with Gasteiger partial charge >= 0.3 is 0 Å². The second kappa shape index (κ2) is 9.51. The second-order valence-corrected chi connectivity index (χ2v) is 7.95. The van der Waals surface area contributed by atoms with E-state index in [0.717, 1.165) is 0 Å². The van der Waals surface area contributed by atoms with Crippen molar-refractivity contribution in [1.29, 1.82) is 0 Å². The fourth-order valence-electron chi connectivity index (χ4n) is 3.14. The van der Waals surface area contributed by atoms with Crippen molar-refractivity contribution < 1.29 is 20.1 Å².